The zero-order valence-corrected chi connectivity index (χ0v) is 20.1. The minimum atomic E-state index is 0. The Bertz CT molecular complexity index is 809. The molecule has 1 aliphatic rings. The predicted octanol–water partition coefficient (Wildman–Crippen LogP) is 3.74. The lowest BCUT2D eigenvalue weighted by molar-refractivity contribution is 0.122. The van der Waals surface area contributed by atoms with Crippen molar-refractivity contribution in [3.8, 4) is 11.5 Å². The summed E-state index contributed by atoms with van der Waals surface area (Å²) in [6.07, 6.45) is 0. The molecule has 164 valence electrons. The number of guanidine groups is 1. The first-order valence-electron chi connectivity index (χ1n) is 9.92. The summed E-state index contributed by atoms with van der Waals surface area (Å²) in [5, 5.41) is 6.60. The van der Waals surface area contributed by atoms with Gasteiger partial charge in [-0.3, -0.25) is 0 Å². The maximum atomic E-state index is 5.42. The first-order chi connectivity index (χ1) is 14.2. The Morgan fingerprint density at radius 3 is 2.37 bits per heavy atom. The molecule has 0 saturated carbocycles. The number of methoxy groups -OCH3 is 2. The molecule has 0 amide bonds. The van der Waals surface area contributed by atoms with E-state index in [1.807, 2.05) is 25.1 Å². The van der Waals surface area contributed by atoms with Gasteiger partial charge < -0.3 is 29.7 Å². The molecule has 0 radical (unpaired) electrons. The number of anilines is 2. The van der Waals surface area contributed by atoms with E-state index in [1.54, 1.807) is 14.2 Å². The summed E-state index contributed by atoms with van der Waals surface area (Å²) < 4.78 is 16.1. The molecule has 0 atom stereocenters. The van der Waals surface area contributed by atoms with Gasteiger partial charge in [0, 0.05) is 37.1 Å². The molecule has 2 aromatic carbocycles. The van der Waals surface area contributed by atoms with Crippen molar-refractivity contribution in [1.82, 2.24) is 5.32 Å². The van der Waals surface area contributed by atoms with Gasteiger partial charge >= 0.3 is 0 Å². The van der Waals surface area contributed by atoms with Gasteiger partial charge in [0.1, 0.15) is 0 Å². The monoisotopic (exact) mass is 526 g/mol. The average molecular weight is 526 g/mol. The molecule has 30 heavy (non-hydrogen) atoms. The highest BCUT2D eigenvalue weighted by Gasteiger charge is 2.11. The predicted molar refractivity (Wildman–Crippen MR) is 133 cm³/mol. The SMILES string of the molecule is CCNC(=NCc1ccc(N2CCOCC2)cc1)Nc1ccc(OC)c(OC)c1.I. The van der Waals surface area contributed by atoms with Gasteiger partial charge in [-0.15, -0.1) is 24.0 Å². The van der Waals surface area contributed by atoms with Crippen molar-refractivity contribution in [3.05, 3.63) is 48.0 Å². The lowest BCUT2D eigenvalue weighted by atomic mass is 10.2. The lowest BCUT2D eigenvalue weighted by Gasteiger charge is -2.28. The van der Waals surface area contributed by atoms with E-state index in [0.717, 1.165) is 50.1 Å². The molecule has 2 N–H and O–H groups in total. The van der Waals surface area contributed by atoms with Crippen molar-refractivity contribution in [2.24, 2.45) is 4.99 Å². The van der Waals surface area contributed by atoms with Gasteiger partial charge in [0.2, 0.25) is 0 Å². The molecule has 7 nitrogen and oxygen atoms in total. The van der Waals surface area contributed by atoms with Gasteiger partial charge in [-0.25, -0.2) is 4.99 Å². The van der Waals surface area contributed by atoms with Crippen molar-refractivity contribution in [2.45, 2.75) is 13.5 Å². The van der Waals surface area contributed by atoms with Crippen molar-refractivity contribution in [1.29, 1.82) is 0 Å². The minimum Gasteiger partial charge on any atom is -0.493 e. The molecule has 0 aliphatic carbocycles. The highest BCUT2D eigenvalue weighted by atomic mass is 127. The summed E-state index contributed by atoms with van der Waals surface area (Å²) in [5.41, 5.74) is 3.27. The number of rotatable bonds is 7. The van der Waals surface area contributed by atoms with Crippen LogP contribution in [0.4, 0.5) is 11.4 Å². The van der Waals surface area contributed by atoms with Crippen molar-refractivity contribution in [2.75, 3.05) is 57.3 Å². The van der Waals surface area contributed by atoms with Crippen LogP contribution in [-0.4, -0.2) is 53.0 Å². The Balaban J connectivity index is 0.00000320. The fraction of sp³-hybridized carbons (Fsp3) is 0.409. The Hall–Kier alpha value is -2.20. The van der Waals surface area contributed by atoms with Gasteiger partial charge in [0.15, 0.2) is 17.5 Å². The molecule has 0 spiro atoms. The van der Waals surface area contributed by atoms with E-state index in [2.05, 4.69) is 39.8 Å². The molecule has 0 bridgehead atoms. The third-order valence-electron chi connectivity index (χ3n) is 4.72. The molecule has 2 aromatic rings. The van der Waals surface area contributed by atoms with Crippen LogP contribution in [0.5, 0.6) is 11.5 Å². The highest BCUT2D eigenvalue weighted by molar-refractivity contribution is 14.0. The van der Waals surface area contributed by atoms with Crippen LogP contribution in [0, 0.1) is 0 Å². The Kier molecular flexibility index (Phi) is 10.0. The number of hydrogen-bond acceptors (Lipinski definition) is 5. The smallest absolute Gasteiger partial charge is 0.196 e. The van der Waals surface area contributed by atoms with Crippen LogP contribution in [0.25, 0.3) is 0 Å². The second kappa shape index (κ2) is 12.5. The lowest BCUT2D eigenvalue weighted by Crippen LogP contribution is -2.36. The maximum Gasteiger partial charge on any atom is 0.196 e. The van der Waals surface area contributed by atoms with Gasteiger partial charge in [-0.2, -0.15) is 0 Å². The number of halogens is 1. The molecule has 1 fully saturated rings. The van der Waals surface area contributed by atoms with Crippen LogP contribution >= 0.6 is 24.0 Å². The summed E-state index contributed by atoms with van der Waals surface area (Å²) in [7, 11) is 3.25. The molecule has 0 aromatic heterocycles. The van der Waals surface area contributed by atoms with Crippen LogP contribution < -0.4 is 25.0 Å². The normalized spacial score (nSPS) is 14.0. The summed E-state index contributed by atoms with van der Waals surface area (Å²) in [6, 6.07) is 14.3. The third kappa shape index (κ3) is 6.66. The van der Waals surface area contributed by atoms with Gasteiger partial charge in [0.05, 0.1) is 34.0 Å². The van der Waals surface area contributed by atoms with Crippen LogP contribution in [0.3, 0.4) is 0 Å². The summed E-state index contributed by atoms with van der Waals surface area (Å²) in [4.78, 5) is 7.05. The zero-order valence-electron chi connectivity index (χ0n) is 17.8. The average Bonchev–Trinajstić information content (AvgIpc) is 2.78. The van der Waals surface area contributed by atoms with E-state index in [-0.39, 0.29) is 24.0 Å². The molecule has 1 saturated heterocycles. The topological polar surface area (TPSA) is 67.4 Å². The van der Waals surface area contributed by atoms with Gasteiger partial charge in [-0.05, 0) is 36.8 Å². The number of benzene rings is 2. The fourth-order valence-corrected chi connectivity index (χ4v) is 3.16. The molecule has 0 unspecified atom stereocenters. The van der Waals surface area contributed by atoms with Crippen LogP contribution in [0.15, 0.2) is 47.5 Å². The van der Waals surface area contributed by atoms with E-state index in [1.165, 1.54) is 5.69 Å². The fourth-order valence-electron chi connectivity index (χ4n) is 3.16. The van der Waals surface area contributed by atoms with E-state index in [0.29, 0.717) is 18.0 Å². The van der Waals surface area contributed by atoms with Crippen LogP contribution in [0.1, 0.15) is 12.5 Å². The van der Waals surface area contributed by atoms with E-state index < -0.39 is 0 Å². The highest BCUT2D eigenvalue weighted by Crippen LogP contribution is 2.29. The molecule has 3 rings (SSSR count). The minimum absolute atomic E-state index is 0. The molecular formula is C22H31IN4O3. The second-order valence-corrected chi connectivity index (χ2v) is 6.66. The first kappa shape index (κ1) is 24.1. The molecule has 1 aliphatic heterocycles. The van der Waals surface area contributed by atoms with Gasteiger partial charge in [-0.1, -0.05) is 12.1 Å². The number of aliphatic imine (C=N–C) groups is 1. The molecule has 8 heteroatoms. The van der Waals surface area contributed by atoms with Crippen molar-refractivity contribution in [3.63, 3.8) is 0 Å². The van der Waals surface area contributed by atoms with Gasteiger partial charge in [0.25, 0.3) is 0 Å². The number of nitrogens with one attached hydrogen (secondary N) is 2. The first-order valence-corrected chi connectivity index (χ1v) is 9.92. The number of hydrogen-bond donors (Lipinski definition) is 2. The number of nitrogens with zero attached hydrogens (tertiary/aromatic N) is 2. The van der Waals surface area contributed by atoms with E-state index in [9.17, 15) is 0 Å². The largest absolute Gasteiger partial charge is 0.493 e. The summed E-state index contributed by atoms with van der Waals surface area (Å²) in [6.45, 7) is 6.87. The van der Waals surface area contributed by atoms with E-state index >= 15 is 0 Å². The van der Waals surface area contributed by atoms with Crippen LogP contribution in [0.2, 0.25) is 0 Å². The Labute approximate surface area is 195 Å². The molecule has 1 heterocycles. The van der Waals surface area contributed by atoms with Crippen molar-refractivity contribution < 1.29 is 14.2 Å². The second-order valence-electron chi connectivity index (χ2n) is 6.66. The number of ether oxygens (including phenoxy) is 3. The Morgan fingerprint density at radius 1 is 1.03 bits per heavy atom. The number of morpholine rings is 1. The zero-order chi connectivity index (χ0) is 20.5. The summed E-state index contributed by atoms with van der Waals surface area (Å²) >= 11 is 0. The quantitative estimate of drug-likeness (QED) is 0.326. The standard InChI is InChI=1S/C22H30N4O3.HI/c1-4-23-22(25-18-7-10-20(27-2)21(15-18)28-3)24-16-17-5-8-19(9-6-17)26-11-13-29-14-12-26;/h5-10,15H,4,11-14,16H2,1-3H3,(H2,23,24,25);1H. The maximum absolute atomic E-state index is 5.42. The van der Waals surface area contributed by atoms with E-state index in [4.69, 9.17) is 19.2 Å². The molecular weight excluding hydrogens is 495 g/mol. The summed E-state index contributed by atoms with van der Waals surface area (Å²) in [5.74, 6) is 2.09. The third-order valence-corrected chi connectivity index (χ3v) is 4.72. The Morgan fingerprint density at radius 2 is 1.73 bits per heavy atom. The van der Waals surface area contributed by atoms with Crippen LogP contribution in [-0.2, 0) is 11.3 Å². The van der Waals surface area contributed by atoms with Crippen molar-refractivity contribution >= 4 is 41.3 Å².